The maximum Gasteiger partial charge on any atom is 0.253 e. The number of rotatable bonds is 2. The molecule has 0 atom stereocenters. The summed E-state index contributed by atoms with van der Waals surface area (Å²) in [6.45, 7) is 1.73. The zero-order chi connectivity index (χ0) is 12.4. The Labute approximate surface area is 104 Å². The van der Waals surface area contributed by atoms with Crippen LogP contribution in [-0.4, -0.2) is 34.1 Å². The van der Waals surface area contributed by atoms with Crippen LogP contribution in [0.5, 0.6) is 0 Å². The number of likely N-dealkylation sites (tertiary alicyclic amines) is 1. The van der Waals surface area contributed by atoms with E-state index in [1.165, 1.54) is 6.39 Å². The second-order valence-electron chi connectivity index (χ2n) is 4.32. The van der Waals surface area contributed by atoms with Crippen LogP contribution in [0.1, 0.15) is 23.2 Å². The third kappa shape index (κ3) is 1.99. The van der Waals surface area contributed by atoms with Crippen LogP contribution in [0.2, 0.25) is 0 Å². The number of hydrogen-bond acceptors (Lipinski definition) is 4. The first-order valence-electron chi connectivity index (χ1n) is 6.00. The standard InChI is InChI=1S/C13H13N3O2/c17-13(16-7-1-2-8-16)11-5-3-10(4-6-11)12-15-14-9-18-12/h3-6,9H,1-2,7-8H2. The van der Waals surface area contributed by atoms with E-state index < -0.39 is 0 Å². The van der Waals surface area contributed by atoms with E-state index >= 15 is 0 Å². The minimum atomic E-state index is 0.101. The molecular weight excluding hydrogens is 230 g/mol. The van der Waals surface area contributed by atoms with E-state index in [-0.39, 0.29) is 5.91 Å². The number of carbonyl (C=O) groups is 1. The Morgan fingerprint density at radius 1 is 1.17 bits per heavy atom. The van der Waals surface area contributed by atoms with Crippen LogP contribution in [0.4, 0.5) is 0 Å². The maximum atomic E-state index is 12.1. The minimum Gasteiger partial charge on any atom is -0.423 e. The number of amides is 1. The van der Waals surface area contributed by atoms with Gasteiger partial charge in [0.05, 0.1) is 0 Å². The van der Waals surface area contributed by atoms with Crippen molar-refractivity contribution in [2.45, 2.75) is 12.8 Å². The molecule has 0 unspecified atom stereocenters. The summed E-state index contributed by atoms with van der Waals surface area (Å²) in [5, 5.41) is 7.45. The fourth-order valence-electron chi connectivity index (χ4n) is 2.16. The van der Waals surface area contributed by atoms with Gasteiger partial charge in [0.15, 0.2) is 0 Å². The van der Waals surface area contributed by atoms with Crippen LogP contribution in [0.15, 0.2) is 35.1 Å². The van der Waals surface area contributed by atoms with E-state index in [1.54, 1.807) is 12.1 Å². The second kappa shape index (κ2) is 4.60. The summed E-state index contributed by atoms with van der Waals surface area (Å²) in [5.74, 6) is 0.569. The molecule has 1 aliphatic rings. The molecule has 3 rings (SSSR count). The summed E-state index contributed by atoms with van der Waals surface area (Å²) in [6, 6.07) is 7.27. The lowest BCUT2D eigenvalue weighted by molar-refractivity contribution is 0.0793. The van der Waals surface area contributed by atoms with Gasteiger partial charge in [-0.2, -0.15) is 0 Å². The van der Waals surface area contributed by atoms with E-state index in [4.69, 9.17) is 4.42 Å². The average molecular weight is 243 g/mol. The van der Waals surface area contributed by atoms with Gasteiger partial charge in [-0.05, 0) is 37.1 Å². The summed E-state index contributed by atoms with van der Waals surface area (Å²) in [6.07, 6.45) is 3.50. The zero-order valence-electron chi connectivity index (χ0n) is 9.87. The first-order valence-corrected chi connectivity index (χ1v) is 6.00. The molecule has 1 saturated heterocycles. The summed E-state index contributed by atoms with van der Waals surface area (Å²) >= 11 is 0. The third-order valence-electron chi connectivity index (χ3n) is 3.13. The molecule has 2 aromatic rings. The molecular formula is C13H13N3O2. The fourth-order valence-corrected chi connectivity index (χ4v) is 2.16. The van der Waals surface area contributed by atoms with Crippen LogP contribution >= 0.6 is 0 Å². The molecule has 1 amide bonds. The third-order valence-corrected chi connectivity index (χ3v) is 3.13. The molecule has 5 nitrogen and oxygen atoms in total. The first kappa shape index (κ1) is 11.0. The van der Waals surface area contributed by atoms with Crippen molar-refractivity contribution in [1.29, 1.82) is 0 Å². The Morgan fingerprint density at radius 3 is 2.50 bits per heavy atom. The Bertz CT molecular complexity index is 528. The predicted molar refractivity (Wildman–Crippen MR) is 64.9 cm³/mol. The van der Waals surface area contributed by atoms with Crippen molar-refractivity contribution in [2.24, 2.45) is 0 Å². The molecule has 0 radical (unpaired) electrons. The van der Waals surface area contributed by atoms with Gasteiger partial charge in [-0.25, -0.2) is 0 Å². The number of benzene rings is 1. The number of hydrogen-bond donors (Lipinski definition) is 0. The van der Waals surface area contributed by atoms with Gasteiger partial charge in [-0.1, -0.05) is 0 Å². The normalized spacial score (nSPS) is 15.0. The van der Waals surface area contributed by atoms with Crippen LogP contribution < -0.4 is 0 Å². The molecule has 0 N–H and O–H groups in total. The highest BCUT2D eigenvalue weighted by molar-refractivity contribution is 5.94. The lowest BCUT2D eigenvalue weighted by Crippen LogP contribution is -2.27. The maximum absolute atomic E-state index is 12.1. The number of aromatic nitrogens is 2. The SMILES string of the molecule is O=C(c1ccc(-c2nnco2)cc1)N1CCCC1. The van der Waals surface area contributed by atoms with E-state index in [9.17, 15) is 4.79 Å². The van der Waals surface area contributed by atoms with Gasteiger partial charge in [0.2, 0.25) is 12.3 Å². The Balaban J connectivity index is 1.80. The summed E-state index contributed by atoms with van der Waals surface area (Å²) in [5.41, 5.74) is 1.53. The van der Waals surface area contributed by atoms with Crippen molar-refractivity contribution in [3.8, 4) is 11.5 Å². The molecule has 5 heteroatoms. The summed E-state index contributed by atoms with van der Waals surface area (Å²) < 4.78 is 5.10. The molecule has 2 heterocycles. The first-order chi connectivity index (χ1) is 8.84. The van der Waals surface area contributed by atoms with Crippen molar-refractivity contribution in [2.75, 3.05) is 13.1 Å². The Morgan fingerprint density at radius 2 is 1.89 bits per heavy atom. The molecule has 1 aromatic carbocycles. The van der Waals surface area contributed by atoms with E-state index in [2.05, 4.69) is 10.2 Å². The quantitative estimate of drug-likeness (QED) is 0.809. The molecule has 0 bridgehead atoms. The van der Waals surface area contributed by atoms with Crippen molar-refractivity contribution in [3.63, 3.8) is 0 Å². The molecule has 92 valence electrons. The molecule has 1 aromatic heterocycles. The Hall–Kier alpha value is -2.17. The van der Waals surface area contributed by atoms with Gasteiger partial charge < -0.3 is 9.32 Å². The molecule has 0 saturated carbocycles. The second-order valence-corrected chi connectivity index (χ2v) is 4.32. The highest BCUT2D eigenvalue weighted by Crippen LogP contribution is 2.18. The highest BCUT2D eigenvalue weighted by Gasteiger charge is 2.19. The van der Waals surface area contributed by atoms with E-state index in [0.29, 0.717) is 11.5 Å². The zero-order valence-corrected chi connectivity index (χ0v) is 9.87. The minimum absolute atomic E-state index is 0.101. The highest BCUT2D eigenvalue weighted by atomic mass is 16.4. The monoisotopic (exact) mass is 243 g/mol. The van der Waals surface area contributed by atoms with Gasteiger partial charge in [0, 0.05) is 24.2 Å². The van der Waals surface area contributed by atoms with Crippen molar-refractivity contribution in [3.05, 3.63) is 36.2 Å². The molecule has 0 aliphatic carbocycles. The van der Waals surface area contributed by atoms with Crippen molar-refractivity contribution in [1.82, 2.24) is 15.1 Å². The van der Waals surface area contributed by atoms with E-state index in [1.807, 2.05) is 17.0 Å². The van der Waals surface area contributed by atoms with Gasteiger partial charge in [-0.3, -0.25) is 4.79 Å². The average Bonchev–Trinajstić information content (AvgIpc) is 3.11. The molecule has 0 spiro atoms. The topological polar surface area (TPSA) is 59.2 Å². The van der Waals surface area contributed by atoms with Gasteiger partial charge in [0.1, 0.15) is 0 Å². The molecule has 18 heavy (non-hydrogen) atoms. The van der Waals surface area contributed by atoms with Gasteiger partial charge >= 0.3 is 0 Å². The molecule has 1 fully saturated rings. The molecule has 1 aliphatic heterocycles. The predicted octanol–water partition coefficient (Wildman–Crippen LogP) is 1.97. The van der Waals surface area contributed by atoms with Gasteiger partial charge in [-0.15, -0.1) is 10.2 Å². The van der Waals surface area contributed by atoms with E-state index in [0.717, 1.165) is 31.5 Å². The van der Waals surface area contributed by atoms with Gasteiger partial charge in [0.25, 0.3) is 5.91 Å². The van der Waals surface area contributed by atoms with Crippen LogP contribution in [0.25, 0.3) is 11.5 Å². The summed E-state index contributed by atoms with van der Waals surface area (Å²) in [7, 11) is 0. The fraction of sp³-hybridized carbons (Fsp3) is 0.308. The largest absolute Gasteiger partial charge is 0.423 e. The van der Waals surface area contributed by atoms with Crippen LogP contribution in [0, 0.1) is 0 Å². The smallest absolute Gasteiger partial charge is 0.253 e. The Kier molecular flexibility index (Phi) is 2.80. The lowest BCUT2D eigenvalue weighted by atomic mass is 10.1. The van der Waals surface area contributed by atoms with Crippen LogP contribution in [0.3, 0.4) is 0 Å². The lowest BCUT2D eigenvalue weighted by Gasteiger charge is -2.14. The number of carbonyl (C=O) groups excluding carboxylic acids is 1. The van der Waals surface area contributed by atoms with Crippen LogP contribution in [-0.2, 0) is 0 Å². The number of nitrogens with zero attached hydrogens (tertiary/aromatic N) is 3. The summed E-state index contributed by atoms with van der Waals surface area (Å²) in [4.78, 5) is 14.0. The van der Waals surface area contributed by atoms with Crippen molar-refractivity contribution < 1.29 is 9.21 Å². The van der Waals surface area contributed by atoms with Crippen molar-refractivity contribution >= 4 is 5.91 Å².